The average Bonchev–Trinajstić information content (AvgIpc) is 2.83. The van der Waals surface area contributed by atoms with E-state index in [1.807, 2.05) is 0 Å². The minimum atomic E-state index is -2.23. The van der Waals surface area contributed by atoms with Crippen LogP contribution in [-0.4, -0.2) is 14.9 Å². The summed E-state index contributed by atoms with van der Waals surface area (Å²) in [5.41, 5.74) is -1.16. The van der Waals surface area contributed by atoms with Crippen molar-refractivity contribution in [1.29, 1.82) is 0 Å². The van der Waals surface area contributed by atoms with E-state index < -0.39 is 41.4 Å². The summed E-state index contributed by atoms with van der Waals surface area (Å²) in [7, 11) is 0. The predicted octanol–water partition coefficient (Wildman–Crippen LogP) is 2.06. The Labute approximate surface area is 97.1 Å². The molecule has 0 spiro atoms. The van der Waals surface area contributed by atoms with E-state index >= 15 is 0 Å². The van der Waals surface area contributed by atoms with Crippen LogP contribution in [0.2, 0.25) is 0 Å². The van der Waals surface area contributed by atoms with Crippen LogP contribution in [0.3, 0.4) is 0 Å². The van der Waals surface area contributed by atoms with Crippen LogP contribution in [-0.2, 0) is 6.61 Å². The summed E-state index contributed by atoms with van der Waals surface area (Å²) in [6.07, 6.45) is 0.976. The lowest BCUT2D eigenvalue weighted by atomic mass is 10.2. The molecule has 18 heavy (non-hydrogen) atoms. The van der Waals surface area contributed by atoms with Crippen molar-refractivity contribution in [2.45, 2.75) is 6.61 Å². The fourth-order valence-electron chi connectivity index (χ4n) is 1.37. The molecule has 0 unspecified atom stereocenters. The lowest BCUT2D eigenvalue weighted by Gasteiger charge is -2.07. The third-order valence-corrected chi connectivity index (χ3v) is 2.22. The molecule has 1 aromatic heterocycles. The number of nitrogens with zero attached hydrogens (tertiary/aromatic N) is 2. The maximum Gasteiger partial charge on any atom is 0.200 e. The summed E-state index contributed by atoms with van der Waals surface area (Å²) < 4.78 is 65.8. The third-order valence-electron chi connectivity index (χ3n) is 2.22. The highest BCUT2D eigenvalue weighted by molar-refractivity contribution is 5.37. The Bertz CT molecular complexity index is 582. The number of benzene rings is 1. The molecule has 1 heterocycles. The molecule has 1 aromatic carbocycles. The van der Waals surface area contributed by atoms with Crippen LogP contribution >= 0.6 is 0 Å². The van der Waals surface area contributed by atoms with E-state index in [0.29, 0.717) is 4.68 Å². The molecule has 0 atom stereocenters. The Morgan fingerprint density at radius 2 is 1.44 bits per heavy atom. The SMILES string of the molecule is OCc1ccn(-c2c(F)c(F)c(F)c(F)c2F)n1. The van der Waals surface area contributed by atoms with Crippen LogP contribution in [0.25, 0.3) is 5.69 Å². The summed E-state index contributed by atoms with van der Waals surface area (Å²) in [5.74, 6) is -10.3. The number of hydrogen-bond donors (Lipinski definition) is 1. The summed E-state index contributed by atoms with van der Waals surface area (Å²) in [6, 6.07) is 1.18. The smallest absolute Gasteiger partial charge is 0.200 e. The first-order valence-corrected chi connectivity index (χ1v) is 4.64. The number of aromatic nitrogens is 2. The Morgan fingerprint density at radius 3 is 1.89 bits per heavy atom. The van der Waals surface area contributed by atoms with E-state index in [1.165, 1.54) is 6.07 Å². The van der Waals surface area contributed by atoms with Gasteiger partial charge in [-0.25, -0.2) is 26.6 Å². The highest BCUT2D eigenvalue weighted by Gasteiger charge is 2.27. The van der Waals surface area contributed by atoms with Gasteiger partial charge in [-0.3, -0.25) is 0 Å². The van der Waals surface area contributed by atoms with Gasteiger partial charge in [0.2, 0.25) is 5.82 Å². The van der Waals surface area contributed by atoms with Crippen LogP contribution < -0.4 is 0 Å². The van der Waals surface area contributed by atoms with Gasteiger partial charge in [-0.2, -0.15) is 5.10 Å². The summed E-state index contributed by atoms with van der Waals surface area (Å²) >= 11 is 0. The van der Waals surface area contributed by atoms with Gasteiger partial charge >= 0.3 is 0 Å². The molecule has 0 aliphatic rings. The highest BCUT2D eigenvalue weighted by Crippen LogP contribution is 2.25. The quantitative estimate of drug-likeness (QED) is 0.512. The second-order valence-corrected chi connectivity index (χ2v) is 3.33. The second-order valence-electron chi connectivity index (χ2n) is 3.33. The minimum absolute atomic E-state index is 0.0268. The molecule has 0 saturated heterocycles. The summed E-state index contributed by atoms with van der Waals surface area (Å²) in [5, 5.41) is 12.2. The average molecular weight is 264 g/mol. The molecule has 0 bridgehead atoms. The van der Waals surface area contributed by atoms with Gasteiger partial charge in [-0.15, -0.1) is 0 Å². The second kappa shape index (κ2) is 4.37. The van der Waals surface area contributed by atoms with Crippen molar-refractivity contribution in [3.63, 3.8) is 0 Å². The Hall–Kier alpha value is -1.96. The fourth-order valence-corrected chi connectivity index (χ4v) is 1.37. The van der Waals surface area contributed by atoms with Crippen molar-refractivity contribution in [3.05, 3.63) is 47.0 Å². The van der Waals surface area contributed by atoms with Crippen molar-refractivity contribution in [3.8, 4) is 5.69 Å². The molecule has 0 aliphatic carbocycles. The van der Waals surface area contributed by atoms with E-state index in [0.717, 1.165) is 6.20 Å². The van der Waals surface area contributed by atoms with Gasteiger partial charge in [0.25, 0.3) is 0 Å². The Balaban J connectivity index is 2.71. The maximum absolute atomic E-state index is 13.4. The van der Waals surface area contributed by atoms with Crippen molar-refractivity contribution < 1.29 is 27.1 Å². The van der Waals surface area contributed by atoms with Crippen LogP contribution in [0, 0.1) is 29.1 Å². The fraction of sp³-hybridized carbons (Fsp3) is 0.100. The predicted molar refractivity (Wildman–Crippen MR) is 49.3 cm³/mol. The number of aliphatic hydroxyl groups excluding tert-OH is 1. The highest BCUT2D eigenvalue weighted by atomic mass is 19.2. The van der Waals surface area contributed by atoms with E-state index in [2.05, 4.69) is 5.10 Å². The zero-order valence-corrected chi connectivity index (χ0v) is 8.59. The van der Waals surface area contributed by atoms with E-state index in [1.54, 1.807) is 0 Å². The van der Waals surface area contributed by atoms with Crippen molar-refractivity contribution in [2.75, 3.05) is 0 Å². The number of halogens is 5. The monoisotopic (exact) mass is 264 g/mol. The molecule has 0 saturated carbocycles. The molecule has 2 rings (SSSR count). The first-order valence-electron chi connectivity index (χ1n) is 4.64. The van der Waals surface area contributed by atoms with Gasteiger partial charge in [0.15, 0.2) is 23.3 Å². The normalized spacial score (nSPS) is 11.0. The molecule has 2 aromatic rings. The van der Waals surface area contributed by atoms with E-state index in [-0.39, 0.29) is 5.69 Å². The summed E-state index contributed by atoms with van der Waals surface area (Å²) in [4.78, 5) is 0. The van der Waals surface area contributed by atoms with Crippen LogP contribution in [0.1, 0.15) is 5.69 Å². The zero-order chi connectivity index (χ0) is 13.4. The van der Waals surface area contributed by atoms with Gasteiger partial charge in [0, 0.05) is 6.20 Å². The minimum Gasteiger partial charge on any atom is -0.390 e. The van der Waals surface area contributed by atoms with Crippen molar-refractivity contribution in [2.24, 2.45) is 0 Å². The first kappa shape index (κ1) is 12.5. The zero-order valence-electron chi connectivity index (χ0n) is 8.59. The van der Waals surface area contributed by atoms with Gasteiger partial charge in [0.05, 0.1) is 12.3 Å². The Morgan fingerprint density at radius 1 is 0.944 bits per heavy atom. The lowest BCUT2D eigenvalue weighted by molar-refractivity contribution is 0.276. The molecule has 0 radical (unpaired) electrons. The molecular formula is C10H5F5N2O. The van der Waals surface area contributed by atoms with Crippen molar-refractivity contribution in [1.82, 2.24) is 9.78 Å². The third kappa shape index (κ3) is 1.74. The standard InChI is InChI=1S/C10H5F5N2O/c11-5-6(12)8(14)10(9(15)7(5)13)17-2-1-4(3-18)16-17/h1-2,18H,3H2. The van der Waals surface area contributed by atoms with Crippen LogP contribution in [0.5, 0.6) is 0 Å². The first-order chi connectivity index (χ1) is 8.47. The number of rotatable bonds is 2. The van der Waals surface area contributed by atoms with E-state index in [9.17, 15) is 22.0 Å². The van der Waals surface area contributed by atoms with Crippen LogP contribution in [0.15, 0.2) is 12.3 Å². The van der Waals surface area contributed by atoms with Gasteiger partial charge in [-0.1, -0.05) is 0 Å². The molecule has 8 heteroatoms. The molecule has 0 amide bonds. The molecule has 96 valence electrons. The van der Waals surface area contributed by atoms with Gasteiger partial charge in [0.1, 0.15) is 5.69 Å². The molecule has 0 aliphatic heterocycles. The lowest BCUT2D eigenvalue weighted by Crippen LogP contribution is -2.10. The molecule has 3 nitrogen and oxygen atoms in total. The number of aliphatic hydroxyl groups is 1. The van der Waals surface area contributed by atoms with E-state index in [4.69, 9.17) is 5.11 Å². The maximum atomic E-state index is 13.4. The Kier molecular flexibility index (Phi) is 3.04. The summed E-state index contributed by atoms with van der Waals surface area (Å²) in [6.45, 7) is -0.525. The van der Waals surface area contributed by atoms with Gasteiger partial charge < -0.3 is 5.11 Å². The van der Waals surface area contributed by atoms with Crippen molar-refractivity contribution >= 4 is 0 Å². The molecule has 1 N–H and O–H groups in total. The number of hydrogen-bond acceptors (Lipinski definition) is 2. The molecular weight excluding hydrogens is 259 g/mol. The van der Waals surface area contributed by atoms with Crippen LogP contribution in [0.4, 0.5) is 22.0 Å². The van der Waals surface area contributed by atoms with Gasteiger partial charge in [-0.05, 0) is 6.07 Å². The molecule has 0 fully saturated rings. The topological polar surface area (TPSA) is 38.0 Å². The largest absolute Gasteiger partial charge is 0.390 e.